The number of ketones is 2. The lowest BCUT2D eigenvalue weighted by Gasteiger charge is -2.08. The van der Waals surface area contributed by atoms with Crippen LogP contribution < -0.4 is 11.5 Å². The Labute approximate surface area is 190 Å². The molecule has 1 heterocycles. The average Bonchev–Trinajstić information content (AvgIpc) is 3.14. The van der Waals surface area contributed by atoms with Crippen LogP contribution in [0, 0.1) is 0 Å². The molecule has 0 fully saturated rings. The summed E-state index contributed by atoms with van der Waals surface area (Å²) in [5.41, 5.74) is 13.7. The van der Waals surface area contributed by atoms with Gasteiger partial charge in [0.25, 0.3) is 0 Å². The molecule has 7 heteroatoms. The van der Waals surface area contributed by atoms with Crippen molar-refractivity contribution in [3.63, 3.8) is 0 Å². The van der Waals surface area contributed by atoms with E-state index in [0.29, 0.717) is 28.7 Å². The second-order valence-electron chi connectivity index (χ2n) is 7.94. The molecule has 0 atom stereocenters. The first-order chi connectivity index (χ1) is 15.8. The number of benzene rings is 3. The SMILES string of the molecule is CCc1oc2cc(CC(=O)Cc3ccccc3)c(O)cc2c1C(=O)c1cc(N)c(O)c(N)c1. The number of furan rings is 1. The topological polar surface area (TPSA) is 140 Å². The summed E-state index contributed by atoms with van der Waals surface area (Å²) in [6.07, 6.45) is 0.721. The van der Waals surface area contributed by atoms with Crippen molar-refractivity contribution >= 4 is 33.9 Å². The van der Waals surface area contributed by atoms with Crippen LogP contribution in [-0.4, -0.2) is 21.8 Å². The maximum Gasteiger partial charge on any atom is 0.197 e. The van der Waals surface area contributed by atoms with Gasteiger partial charge in [-0.3, -0.25) is 9.59 Å². The summed E-state index contributed by atoms with van der Waals surface area (Å²) < 4.78 is 5.92. The van der Waals surface area contributed by atoms with Crippen molar-refractivity contribution in [2.24, 2.45) is 0 Å². The Kier molecular flexibility index (Phi) is 5.79. The quantitative estimate of drug-likeness (QED) is 0.191. The molecule has 0 aliphatic heterocycles. The molecule has 168 valence electrons. The van der Waals surface area contributed by atoms with Crippen molar-refractivity contribution in [1.29, 1.82) is 0 Å². The fraction of sp³-hybridized carbons (Fsp3) is 0.154. The smallest absolute Gasteiger partial charge is 0.197 e. The van der Waals surface area contributed by atoms with Crippen molar-refractivity contribution in [3.8, 4) is 11.5 Å². The van der Waals surface area contributed by atoms with Crippen molar-refractivity contribution in [1.82, 2.24) is 0 Å². The van der Waals surface area contributed by atoms with Gasteiger partial charge < -0.3 is 26.1 Å². The first kappa shape index (κ1) is 22.0. The van der Waals surface area contributed by atoms with Gasteiger partial charge in [0.1, 0.15) is 22.9 Å². The molecule has 6 N–H and O–H groups in total. The molecule has 0 bridgehead atoms. The van der Waals surface area contributed by atoms with Crippen molar-refractivity contribution < 1.29 is 24.2 Å². The van der Waals surface area contributed by atoms with Gasteiger partial charge in [0.05, 0.1) is 16.9 Å². The second kappa shape index (κ2) is 8.70. The van der Waals surface area contributed by atoms with E-state index in [1.165, 1.54) is 18.2 Å². The number of carbonyl (C=O) groups is 2. The summed E-state index contributed by atoms with van der Waals surface area (Å²) in [4.78, 5) is 25.8. The summed E-state index contributed by atoms with van der Waals surface area (Å²) in [7, 11) is 0. The number of anilines is 2. The predicted molar refractivity (Wildman–Crippen MR) is 126 cm³/mol. The Morgan fingerprint density at radius 3 is 2.24 bits per heavy atom. The summed E-state index contributed by atoms with van der Waals surface area (Å²) in [6, 6.07) is 15.1. The molecule has 1 aromatic heterocycles. The number of phenols is 2. The van der Waals surface area contributed by atoms with Crippen LogP contribution in [0.2, 0.25) is 0 Å². The maximum absolute atomic E-state index is 13.3. The van der Waals surface area contributed by atoms with Gasteiger partial charge in [-0.25, -0.2) is 0 Å². The number of fused-ring (bicyclic) bond motifs is 1. The number of rotatable bonds is 7. The molecule has 0 spiro atoms. The van der Waals surface area contributed by atoms with E-state index in [0.717, 1.165) is 5.56 Å². The number of nitrogens with two attached hydrogens (primary N) is 2. The van der Waals surface area contributed by atoms with Gasteiger partial charge in [0.2, 0.25) is 0 Å². The third kappa shape index (κ3) is 4.25. The maximum atomic E-state index is 13.3. The van der Waals surface area contributed by atoms with Crippen LogP contribution in [0.3, 0.4) is 0 Å². The number of Topliss-reactive ketones (excluding diaryl/α,β-unsaturated/α-hetero) is 1. The van der Waals surface area contributed by atoms with Gasteiger partial charge in [-0.1, -0.05) is 37.3 Å². The van der Waals surface area contributed by atoms with E-state index in [1.54, 1.807) is 6.07 Å². The van der Waals surface area contributed by atoms with Gasteiger partial charge in [0, 0.05) is 35.8 Å². The van der Waals surface area contributed by atoms with E-state index in [4.69, 9.17) is 15.9 Å². The number of aromatic hydroxyl groups is 2. The third-order valence-corrected chi connectivity index (χ3v) is 5.57. The van der Waals surface area contributed by atoms with Gasteiger partial charge >= 0.3 is 0 Å². The third-order valence-electron chi connectivity index (χ3n) is 5.57. The number of phenolic OH excluding ortho intramolecular Hbond substituents is 2. The monoisotopic (exact) mass is 444 g/mol. The molecular formula is C26H24N2O5. The van der Waals surface area contributed by atoms with E-state index >= 15 is 0 Å². The largest absolute Gasteiger partial charge is 0.508 e. The highest BCUT2D eigenvalue weighted by molar-refractivity contribution is 6.18. The van der Waals surface area contributed by atoms with Crippen molar-refractivity contribution in [2.75, 3.05) is 11.5 Å². The fourth-order valence-electron chi connectivity index (χ4n) is 3.92. The van der Waals surface area contributed by atoms with E-state index in [1.807, 2.05) is 37.3 Å². The van der Waals surface area contributed by atoms with Gasteiger partial charge in [0.15, 0.2) is 11.5 Å². The first-order valence-electron chi connectivity index (χ1n) is 10.5. The van der Waals surface area contributed by atoms with Crippen LogP contribution in [0.25, 0.3) is 11.0 Å². The van der Waals surface area contributed by atoms with E-state index in [-0.39, 0.29) is 52.6 Å². The standard InChI is InChI=1S/C26H24N2O5/c1-2-22-24(25(31)16-10-19(27)26(32)20(28)11-16)18-13-21(30)15(12-23(18)33-22)9-17(29)8-14-6-4-3-5-7-14/h3-7,10-13,30,32H,2,8-9,27-28H2,1H3. The lowest BCUT2D eigenvalue weighted by molar-refractivity contribution is -0.117. The highest BCUT2D eigenvalue weighted by Gasteiger charge is 2.24. The fourth-order valence-corrected chi connectivity index (χ4v) is 3.92. The van der Waals surface area contributed by atoms with Gasteiger partial charge in [-0.2, -0.15) is 0 Å². The molecule has 0 unspecified atom stereocenters. The minimum Gasteiger partial charge on any atom is -0.508 e. The van der Waals surface area contributed by atoms with E-state index < -0.39 is 5.78 Å². The minimum atomic E-state index is -0.392. The highest BCUT2D eigenvalue weighted by atomic mass is 16.3. The molecule has 7 nitrogen and oxygen atoms in total. The second-order valence-corrected chi connectivity index (χ2v) is 7.94. The number of nitrogen functional groups attached to an aromatic ring is 2. The summed E-state index contributed by atoms with van der Waals surface area (Å²) in [6.45, 7) is 1.85. The molecule has 3 aromatic carbocycles. The molecule has 0 aliphatic rings. The Morgan fingerprint density at radius 2 is 1.61 bits per heavy atom. The first-order valence-corrected chi connectivity index (χ1v) is 10.5. The van der Waals surface area contributed by atoms with Crippen LogP contribution in [0.5, 0.6) is 11.5 Å². The summed E-state index contributed by atoms with van der Waals surface area (Å²) in [5, 5.41) is 20.9. The zero-order chi connectivity index (χ0) is 23.7. The van der Waals surface area contributed by atoms with Crippen LogP contribution >= 0.6 is 0 Å². The highest BCUT2D eigenvalue weighted by Crippen LogP contribution is 2.36. The van der Waals surface area contributed by atoms with Gasteiger partial charge in [-0.15, -0.1) is 0 Å². The van der Waals surface area contributed by atoms with Crippen LogP contribution in [0.15, 0.2) is 59.0 Å². The normalized spacial score (nSPS) is 11.1. The molecule has 0 radical (unpaired) electrons. The number of carbonyl (C=O) groups excluding carboxylic acids is 2. The lowest BCUT2D eigenvalue weighted by atomic mass is 9.96. The molecule has 0 amide bonds. The van der Waals surface area contributed by atoms with Crippen LogP contribution in [0.4, 0.5) is 11.4 Å². The van der Waals surface area contributed by atoms with Gasteiger partial charge in [-0.05, 0) is 29.8 Å². The Balaban J connectivity index is 1.70. The average molecular weight is 444 g/mol. The minimum absolute atomic E-state index is 0.00809. The molecule has 0 saturated heterocycles. The number of aryl methyl sites for hydroxylation is 1. The predicted octanol–water partition coefficient (Wildman–Crippen LogP) is 4.16. The summed E-state index contributed by atoms with van der Waals surface area (Å²) in [5.74, 6) is -0.374. The van der Waals surface area contributed by atoms with Crippen molar-refractivity contribution in [3.05, 3.63) is 82.6 Å². The number of hydrogen-bond donors (Lipinski definition) is 4. The molecule has 0 aliphatic carbocycles. The molecular weight excluding hydrogens is 420 g/mol. The van der Waals surface area contributed by atoms with E-state index in [2.05, 4.69) is 0 Å². The Bertz CT molecular complexity index is 1350. The molecule has 33 heavy (non-hydrogen) atoms. The zero-order valence-corrected chi connectivity index (χ0v) is 18.1. The lowest BCUT2D eigenvalue weighted by Crippen LogP contribution is -2.07. The molecule has 4 aromatic rings. The zero-order valence-electron chi connectivity index (χ0n) is 18.1. The van der Waals surface area contributed by atoms with E-state index in [9.17, 15) is 19.8 Å². The van der Waals surface area contributed by atoms with Crippen molar-refractivity contribution in [2.45, 2.75) is 26.2 Å². The van der Waals surface area contributed by atoms with Crippen LogP contribution in [-0.2, 0) is 24.1 Å². The molecule has 4 rings (SSSR count). The Hall–Kier alpha value is -4.26. The number of hydrogen-bond acceptors (Lipinski definition) is 7. The Morgan fingerprint density at radius 1 is 0.939 bits per heavy atom. The summed E-state index contributed by atoms with van der Waals surface area (Å²) >= 11 is 0. The molecule has 0 saturated carbocycles. The van der Waals surface area contributed by atoms with Crippen LogP contribution in [0.1, 0.15) is 39.7 Å².